The number of hydrogen-bond donors (Lipinski definition) is 2. The second-order valence-electron chi connectivity index (χ2n) is 7.11. The van der Waals surface area contributed by atoms with E-state index in [0.29, 0.717) is 39.6 Å². The Kier molecular flexibility index (Phi) is 11.7. The number of ether oxygens (including phenoxy) is 5. The first-order valence-electron chi connectivity index (χ1n) is 9.54. The molecule has 0 fully saturated rings. The highest BCUT2D eigenvalue weighted by Crippen LogP contribution is 2.21. The number of sulfonamides is 1. The zero-order valence-corrected chi connectivity index (χ0v) is 18.5. The van der Waals surface area contributed by atoms with Crippen LogP contribution in [0.4, 0.5) is 4.79 Å². The molecule has 0 radical (unpaired) electrons. The number of hydrogen-bond acceptors (Lipinski definition) is 8. The van der Waals surface area contributed by atoms with Gasteiger partial charge in [-0.2, -0.15) is 0 Å². The first-order valence-corrected chi connectivity index (χ1v) is 11.1. The van der Waals surface area contributed by atoms with E-state index in [1.165, 1.54) is 12.1 Å². The third-order valence-corrected chi connectivity index (χ3v) is 4.25. The predicted octanol–water partition coefficient (Wildman–Crippen LogP) is 1.29. The van der Waals surface area contributed by atoms with Crippen molar-refractivity contribution < 1.29 is 36.9 Å². The fraction of sp³-hybridized carbons (Fsp3) is 0.632. The lowest BCUT2D eigenvalue weighted by atomic mass is 10.2. The van der Waals surface area contributed by atoms with Crippen molar-refractivity contribution in [1.82, 2.24) is 5.32 Å². The highest BCUT2D eigenvalue weighted by atomic mass is 32.2. The summed E-state index contributed by atoms with van der Waals surface area (Å²) in [7, 11) is -3.84. The van der Waals surface area contributed by atoms with Gasteiger partial charge in [0.1, 0.15) is 22.9 Å². The molecule has 0 aliphatic carbocycles. The maximum absolute atomic E-state index is 11.5. The van der Waals surface area contributed by atoms with Crippen LogP contribution in [0.2, 0.25) is 0 Å². The third kappa shape index (κ3) is 12.6. The van der Waals surface area contributed by atoms with Gasteiger partial charge in [0.2, 0.25) is 10.0 Å². The van der Waals surface area contributed by atoms with Crippen molar-refractivity contribution in [2.24, 2.45) is 5.14 Å². The van der Waals surface area contributed by atoms with Crippen LogP contribution in [0, 0.1) is 0 Å². The number of benzene rings is 1. The molecule has 172 valence electrons. The summed E-state index contributed by atoms with van der Waals surface area (Å²) < 4.78 is 49.5. The van der Waals surface area contributed by atoms with Gasteiger partial charge in [0.05, 0.1) is 39.6 Å². The molecule has 1 rings (SSSR count). The van der Waals surface area contributed by atoms with E-state index in [1.807, 2.05) is 0 Å². The number of para-hydroxylation sites is 1. The molecule has 0 atom stereocenters. The highest BCUT2D eigenvalue weighted by Gasteiger charge is 2.15. The zero-order chi connectivity index (χ0) is 22.5. The second kappa shape index (κ2) is 13.4. The number of nitrogens with two attached hydrogens (primary N) is 1. The Labute approximate surface area is 178 Å². The van der Waals surface area contributed by atoms with Crippen molar-refractivity contribution in [2.45, 2.75) is 31.3 Å². The number of alkyl carbamates (subject to hydrolysis) is 1. The molecule has 11 heteroatoms. The molecule has 0 saturated heterocycles. The second-order valence-corrected chi connectivity index (χ2v) is 8.64. The highest BCUT2D eigenvalue weighted by molar-refractivity contribution is 7.89. The molecule has 0 bridgehead atoms. The average Bonchev–Trinajstić information content (AvgIpc) is 2.63. The van der Waals surface area contributed by atoms with Gasteiger partial charge >= 0.3 is 6.09 Å². The van der Waals surface area contributed by atoms with Crippen LogP contribution in [0.5, 0.6) is 5.75 Å². The van der Waals surface area contributed by atoms with E-state index in [2.05, 4.69) is 5.32 Å². The minimum Gasteiger partial charge on any atom is -0.490 e. The Morgan fingerprint density at radius 3 is 2.03 bits per heavy atom. The van der Waals surface area contributed by atoms with Crippen molar-refractivity contribution >= 4 is 16.1 Å². The number of rotatable bonds is 14. The topological polar surface area (TPSA) is 135 Å². The predicted molar refractivity (Wildman–Crippen MR) is 110 cm³/mol. The van der Waals surface area contributed by atoms with E-state index in [4.69, 9.17) is 28.8 Å². The molecule has 30 heavy (non-hydrogen) atoms. The van der Waals surface area contributed by atoms with Crippen molar-refractivity contribution in [3.63, 3.8) is 0 Å². The van der Waals surface area contributed by atoms with Gasteiger partial charge in [0, 0.05) is 6.54 Å². The molecule has 1 amide bonds. The minimum atomic E-state index is -3.84. The van der Waals surface area contributed by atoms with Gasteiger partial charge in [0.15, 0.2) is 0 Å². The number of carbonyl (C=O) groups excluding carboxylic acids is 1. The Bertz CT molecular complexity index is 734. The quantitative estimate of drug-likeness (QED) is 0.406. The number of nitrogens with one attached hydrogen (secondary N) is 1. The molecule has 0 unspecified atom stereocenters. The van der Waals surface area contributed by atoms with E-state index in [0.717, 1.165) is 0 Å². The van der Waals surface area contributed by atoms with Crippen molar-refractivity contribution in [1.29, 1.82) is 0 Å². The molecule has 0 heterocycles. The summed E-state index contributed by atoms with van der Waals surface area (Å²) >= 11 is 0. The Hall–Kier alpha value is -1.92. The fourth-order valence-electron chi connectivity index (χ4n) is 2.10. The number of primary sulfonamides is 1. The molecule has 0 aliphatic rings. The Balaban J connectivity index is 1.96. The van der Waals surface area contributed by atoms with Crippen LogP contribution < -0.4 is 15.2 Å². The summed E-state index contributed by atoms with van der Waals surface area (Å²) in [4.78, 5) is 11.4. The zero-order valence-electron chi connectivity index (χ0n) is 17.7. The number of amides is 1. The van der Waals surface area contributed by atoms with Crippen molar-refractivity contribution in [2.75, 3.05) is 52.8 Å². The summed E-state index contributed by atoms with van der Waals surface area (Å²) in [6.07, 6.45) is -0.475. The summed E-state index contributed by atoms with van der Waals surface area (Å²) in [5.41, 5.74) is -0.525. The molecule has 1 aromatic carbocycles. The summed E-state index contributed by atoms with van der Waals surface area (Å²) in [6.45, 7) is 8.09. The van der Waals surface area contributed by atoms with E-state index < -0.39 is 21.7 Å². The van der Waals surface area contributed by atoms with Gasteiger partial charge in [-0.25, -0.2) is 18.4 Å². The van der Waals surface area contributed by atoms with E-state index in [1.54, 1.807) is 32.9 Å². The lowest BCUT2D eigenvalue weighted by molar-refractivity contribution is 0.00890. The van der Waals surface area contributed by atoms with Gasteiger partial charge < -0.3 is 29.0 Å². The molecule has 3 N–H and O–H groups in total. The van der Waals surface area contributed by atoms with E-state index >= 15 is 0 Å². The fourth-order valence-corrected chi connectivity index (χ4v) is 2.77. The van der Waals surface area contributed by atoms with Crippen molar-refractivity contribution in [3.8, 4) is 5.75 Å². The monoisotopic (exact) mass is 448 g/mol. The Morgan fingerprint density at radius 2 is 1.47 bits per heavy atom. The minimum absolute atomic E-state index is 0.0605. The standard InChI is InChI=1S/C19H32N2O8S/c1-19(2,3)29-18(22)21-8-9-25-10-11-26-12-13-27-14-15-28-16-6-4-5-7-17(16)30(20,23)24/h4-7H,8-15H2,1-3H3,(H,21,22)(H2,20,23,24). The molecule has 0 saturated carbocycles. The molecule has 0 aromatic heterocycles. The molecule has 1 aromatic rings. The first-order chi connectivity index (χ1) is 14.1. The summed E-state index contributed by atoms with van der Waals surface area (Å²) in [5, 5.41) is 7.73. The maximum atomic E-state index is 11.5. The normalized spacial score (nSPS) is 11.9. The Morgan fingerprint density at radius 1 is 0.933 bits per heavy atom. The van der Waals surface area contributed by atoms with Crippen LogP contribution >= 0.6 is 0 Å². The van der Waals surface area contributed by atoms with Gasteiger partial charge in [-0.1, -0.05) is 12.1 Å². The van der Waals surface area contributed by atoms with Crippen LogP contribution in [0.25, 0.3) is 0 Å². The van der Waals surface area contributed by atoms with E-state index in [-0.39, 0.29) is 23.9 Å². The summed E-state index contributed by atoms with van der Waals surface area (Å²) in [6, 6.07) is 6.15. The van der Waals surface area contributed by atoms with Gasteiger partial charge in [-0.15, -0.1) is 0 Å². The van der Waals surface area contributed by atoms with Gasteiger partial charge in [-0.3, -0.25) is 0 Å². The smallest absolute Gasteiger partial charge is 0.407 e. The largest absolute Gasteiger partial charge is 0.490 e. The van der Waals surface area contributed by atoms with Crippen LogP contribution in [-0.2, 0) is 29.0 Å². The molecular formula is C19H32N2O8S. The van der Waals surface area contributed by atoms with Crippen LogP contribution in [0.1, 0.15) is 20.8 Å². The first kappa shape index (κ1) is 26.1. The van der Waals surface area contributed by atoms with Gasteiger partial charge in [-0.05, 0) is 32.9 Å². The third-order valence-electron chi connectivity index (χ3n) is 3.30. The number of carbonyl (C=O) groups is 1. The SMILES string of the molecule is CC(C)(C)OC(=O)NCCOCCOCCOCCOc1ccccc1S(N)(=O)=O. The molecule has 0 aliphatic heterocycles. The van der Waals surface area contributed by atoms with Crippen LogP contribution in [-0.4, -0.2) is 72.9 Å². The van der Waals surface area contributed by atoms with E-state index in [9.17, 15) is 13.2 Å². The van der Waals surface area contributed by atoms with Crippen molar-refractivity contribution in [3.05, 3.63) is 24.3 Å². The van der Waals surface area contributed by atoms with Gasteiger partial charge in [0.25, 0.3) is 0 Å². The molecular weight excluding hydrogens is 416 g/mol. The summed E-state index contributed by atoms with van der Waals surface area (Å²) in [5.74, 6) is 0.193. The maximum Gasteiger partial charge on any atom is 0.407 e. The lowest BCUT2D eigenvalue weighted by Gasteiger charge is -2.19. The average molecular weight is 449 g/mol. The van der Waals surface area contributed by atoms with Crippen LogP contribution in [0.3, 0.4) is 0 Å². The molecule has 0 spiro atoms. The lowest BCUT2D eigenvalue weighted by Crippen LogP contribution is -2.34. The van der Waals surface area contributed by atoms with Crippen LogP contribution in [0.15, 0.2) is 29.2 Å². The molecule has 10 nitrogen and oxygen atoms in total.